The molecule has 0 saturated heterocycles. The molecule has 6 nitrogen and oxygen atoms in total. The smallest absolute Gasteiger partial charge is 0.296 e. The van der Waals surface area contributed by atoms with E-state index >= 15 is 0 Å². The Morgan fingerprint density at radius 2 is 1.78 bits per heavy atom. The molecule has 0 radical (unpaired) electrons. The lowest BCUT2D eigenvalue weighted by atomic mass is 10.0. The van der Waals surface area contributed by atoms with Crippen LogP contribution in [-0.2, 0) is 0 Å². The Morgan fingerprint density at radius 1 is 1.00 bits per heavy atom. The average Bonchev–Trinajstić information content (AvgIpc) is 3.11. The third-order valence-electron chi connectivity index (χ3n) is 5.04. The molecule has 5 aromatic rings. The second kappa shape index (κ2) is 7.86. The Balaban J connectivity index is 1.60. The van der Waals surface area contributed by atoms with Crippen molar-refractivity contribution in [3.05, 3.63) is 89.2 Å². The van der Waals surface area contributed by atoms with E-state index in [9.17, 15) is 14.3 Å². The summed E-state index contributed by atoms with van der Waals surface area (Å²) in [5.74, 6) is -1.42. The number of aromatic nitrogens is 2. The number of carbonyl (C=O) groups excluding carboxylic acids is 1. The van der Waals surface area contributed by atoms with Crippen molar-refractivity contribution >= 4 is 45.0 Å². The maximum Gasteiger partial charge on any atom is 0.296 e. The van der Waals surface area contributed by atoms with Crippen LogP contribution in [0.25, 0.3) is 33.1 Å². The zero-order valence-corrected chi connectivity index (χ0v) is 17.1. The zero-order valence-electron chi connectivity index (χ0n) is 16.4. The minimum absolute atomic E-state index is 0.0101. The predicted molar refractivity (Wildman–Crippen MR) is 121 cm³/mol. The van der Waals surface area contributed by atoms with Gasteiger partial charge in [-0.05, 0) is 42.5 Å². The molecular formula is C24H14ClFN4O2. The van der Waals surface area contributed by atoms with Crippen molar-refractivity contribution in [3.63, 3.8) is 0 Å². The molecule has 8 heteroatoms. The molecule has 5 rings (SSSR count). The number of azo groups is 1. The van der Waals surface area contributed by atoms with Gasteiger partial charge in [-0.15, -0.1) is 10.2 Å². The average molecular weight is 445 g/mol. The number of para-hydroxylation sites is 1. The van der Waals surface area contributed by atoms with Crippen LogP contribution < -0.4 is 0 Å². The number of carbonyl (C=O) groups is 1. The number of pyridine rings is 1. The summed E-state index contributed by atoms with van der Waals surface area (Å²) in [4.78, 5) is 20.4. The maximum atomic E-state index is 13.6. The van der Waals surface area contributed by atoms with E-state index in [1.165, 1.54) is 18.2 Å². The molecule has 32 heavy (non-hydrogen) atoms. The van der Waals surface area contributed by atoms with Crippen LogP contribution in [0.2, 0.25) is 5.02 Å². The van der Waals surface area contributed by atoms with Crippen LogP contribution in [0, 0.1) is 5.82 Å². The number of aromatic amines is 1. The molecule has 0 aliphatic heterocycles. The van der Waals surface area contributed by atoms with E-state index in [1.54, 1.807) is 36.4 Å². The molecule has 0 aliphatic rings. The fourth-order valence-corrected chi connectivity index (χ4v) is 3.63. The molecule has 1 amide bonds. The maximum absolute atomic E-state index is 13.6. The first-order chi connectivity index (χ1) is 15.5. The molecule has 3 aromatic carbocycles. The third-order valence-corrected chi connectivity index (χ3v) is 5.29. The Labute approximate surface area is 186 Å². The topological polar surface area (TPSA) is 90.7 Å². The van der Waals surface area contributed by atoms with Gasteiger partial charge in [0.1, 0.15) is 5.82 Å². The van der Waals surface area contributed by atoms with Crippen molar-refractivity contribution < 1.29 is 14.3 Å². The minimum atomic E-state index is -0.621. The van der Waals surface area contributed by atoms with Gasteiger partial charge in [0, 0.05) is 21.4 Å². The highest BCUT2D eigenvalue weighted by atomic mass is 35.5. The van der Waals surface area contributed by atoms with Crippen LogP contribution >= 0.6 is 11.6 Å². The molecule has 156 valence electrons. The number of hydrogen-bond acceptors (Lipinski definition) is 4. The number of fused-ring (bicyclic) bond motifs is 2. The standard InChI is InChI=1S/C24H14ClFN4O2/c25-14-7-5-13(6-8-14)21-12-17(16-3-1-2-4-19(16)27-21)23(31)30-29-22-18-11-15(26)9-10-20(18)28-24(22)32/h1-12,28,32H. The Kier molecular flexibility index (Phi) is 4.88. The number of halogens is 2. The fourth-order valence-electron chi connectivity index (χ4n) is 3.51. The van der Waals surface area contributed by atoms with E-state index in [2.05, 4.69) is 20.2 Å². The van der Waals surface area contributed by atoms with E-state index < -0.39 is 11.7 Å². The zero-order chi connectivity index (χ0) is 22.2. The van der Waals surface area contributed by atoms with Gasteiger partial charge in [-0.1, -0.05) is 41.9 Å². The van der Waals surface area contributed by atoms with Gasteiger partial charge in [0.15, 0.2) is 5.69 Å². The molecule has 0 aliphatic carbocycles. The summed E-state index contributed by atoms with van der Waals surface area (Å²) >= 11 is 5.98. The second-order valence-corrected chi connectivity index (χ2v) is 7.53. The van der Waals surface area contributed by atoms with Crippen LogP contribution in [0.4, 0.5) is 10.1 Å². The molecule has 0 atom stereocenters. The molecular weight excluding hydrogens is 431 g/mol. The van der Waals surface area contributed by atoms with Gasteiger partial charge in [0.25, 0.3) is 5.91 Å². The lowest BCUT2D eigenvalue weighted by Crippen LogP contribution is -1.98. The molecule has 0 bridgehead atoms. The van der Waals surface area contributed by atoms with E-state index in [0.29, 0.717) is 38.1 Å². The highest BCUT2D eigenvalue weighted by molar-refractivity contribution is 6.30. The molecule has 2 heterocycles. The Morgan fingerprint density at radius 3 is 2.59 bits per heavy atom. The molecule has 0 unspecified atom stereocenters. The number of hydrogen-bond donors (Lipinski definition) is 2. The number of aromatic hydroxyl groups is 1. The summed E-state index contributed by atoms with van der Waals surface area (Å²) < 4.78 is 13.6. The van der Waals surface area contributed by atoms with Crippen molar-refractivity contribution in [2.24, 2.45) is 10.2 Å². The number of nitrogens with zero attached hydrogens (tertiary/aromatic N) is 3. The van der Waals surface area contributed by atoms with Gasteiger partial charge in [-0.3, -0.25) is 4.79 Å². The first-order valence-electron chi connectivity index (χ1n) is 9.61. The molecule has 2 aromatic heterocycles. The van der Waals surface area contributed by atoms with Crippen molar-refractivity contribution in [2.75, 3.05) is 0 Å². The number of benzene rings is 3. The number of amides is 1. The SMILES string of the molecule is O=C(N=Nc1c(O)[nH]c2ccc(F)cc12)c1cc(-c2ccc(Cl)cc2)nc2ccccc12. The van der Waals surface area contributed by atoms with Crippen molar-refractivity contribution in [2.45, 2.75) is 0 Å². The Hall–Kier alpha value is -4.10. The largest absolute Gasteiger partial charge is 0.493 e. The van der Waals surface area contributed by atoms with E-state index in [-0.39, 0.29) is 11.6 Å². The highest BCUT2D eigenvalue weighted by Gasteiger charge is 2.16. The van der Waals surface area contributed by atoms with Gasteiger partial charge in [-0.2, -0.15) is 0 Å². The minimum Gasteiger partial charge on any atom is -0.493 e. The van der Waals surface area contributed by atoms with Crippen LogP contribution in [0.5, 0.6) is 5.88 Å². The summed E-state index contributed by atoms with van der Waals surface area (Å²) in [7, 11) is 0. The van der Waals surface area contributed by atoms with E-state index in [0.717, 1.165) is 5.56 Å². The van der Waals surface area contributed by atoms with Gasteiger partial charge in [-0.25, -0.2) is 9.37 Å². The van der Waals surface area contributed by atoms with Crippen LogP contribution in [-0.4, -0.2) is 21.0 Å². The van der Waals surface area contributed by atoms with Crippen LogP contribution in [0.3, 0.4) is 0 Å². The summed E-state index contributed by atoms with van der Waals surface area (Å²) in [6, 6.07) is 19.9. The third kappa shape index (κ3) is 3.59. The molecule has 0 fully saturated rings. The van der Waals surface area contributed by atoms with Gasteiger partial charge in [0.2, 0.25) is 5.88 Å². The summed E-state index contributed by atoms with van der Waals surface area (Å²) in [5, 5.41) is 19.4. The van der Waals surface area contributed by atoms with Crippen LogP contribution in [0.15, 0.2) is 83.0 Å². The highest BCUT2D eigenvalue weighted by Crippen LogP contribution is 2.36. The summed E-state index contributed by atoms with van der Waals surface area (Å²) in [5.41, 5.74) is 2.76. The number of nitrogens with one attached hydrogen (secondary N) is 1. The molecule has 0 saturated carbocycles. The monoisotopic (exact) mass is 444 g/mol. The summed E-state index contributed by atoms with van der Waals surface area (Å²) in [6.45, 7) is 0. The van der Waals surface area contributed by atoms with E-state index in [4.69, 9.17) is 11.6 Å². The predicted octanol–water partition coefficient (Wildman–Crippen LogP) is 6.81. The first kappa shape index (κ1) is 19.8. The lowest BCUT2D eigenvalue weighted by Gasteiger charge is -2.07. The van der Waals surface area contributed by atoms with Gasteiger partial charge >= 0.3 is 0 Å². The summed E-state index contributed by atoms with van der Waals surface area (Å²) in [6.07, 6.45) is 0. The fraction of sp³-hybridized carbons (Fsp3) is 0. The van der Waals surface area contributed by atoms with Crippen molar-refractivity contribution in [3.8, 4) is 17.1 Å². The second-order valence-electron chi connectivity index (χ2n) is 7.10. The quantitative estimate of drug-likeness (QED) is 0.299. The molecule has 2 N–H and O–H groups in total. The normalized spacial score (nSPS) is 11.6. The molecule has 0 spiro atoms. The van der Waals surface area contributed by atoms with Crippen LogP contribution in [0.1, 0.15) is 10.4 Å². The van der Waals surface area contributed by atoms with Crippen molar-refractivity contribution in [1.82, 2.24) is 9.97 Å². The number of rotatable bonds is 3. The van der Waals surface area contributed by atoms with E-state index in [1.807, 2.05) is 18.2 Å². The van der Waals surface area contributed by atoms with Crippen molar-refractivity contribution in [1.29, 1.82) is 0 Å². The van der Waals surface area contributed by atoms with Gasteiger partial charge in [0.05, 0.1) is 22.3 Å². The lowest BCUT2D eigenvalue weighted by molar-refractivity contribution is 0.0996. The van der Waals surface area contributed by atoms with Gasteiger partial charge < -0.3 is 10.1 Å². The Bertz CT molecular complexity index is 1530. The number of H-pyrrole nitrogens is 1. The first-order valence-corrected chi connectivity index (χ1v) is 9.99.